The number of hydrogen-bond donors (Lipinski definition) is 1. The molecule has 0 heterocycles. The third-order valence-electron chi connectivity index (χ3n) is 2.89. The van der Waals surface area contributed by atoms with Crippen molar-refractivity contribution in [2.45, 2.75) is 25.3 Å². The Morgan fingerprint density at radius 2 is 2.27 bits per heavy atom. The minimum absolute atomic E-state index is 0.127. The van der Waals surface area contributed by atoms with Gasteiger partial charge in [0.15, 0.2) is 0 Å². The predicted octanol–water partition coefficient (Wildman–Crippen LogP) is 3.26. The van der Waals surface area contributed by atoms with Gasteiger partial charge in [-0.3, -0.25) is 0 Å². The molecule has 0 aromatic heterocycles. The monoisotopic (exact) mass is 269 g/mol. The predicted molar refractivity (Wildman–Crippen MR) is 65.0 cm³/mol. The molecule has 15 heavy (non-hydrogen) atoms. The summed E-state index contributed by atoms with van der Waals surface area (Å²) in [5.74, 6) is 1.72. The standard InChI is InChI=1S/C12H16BrNO/c1-15-9-4-5-11(13)10(7-9)12(14)6-8-2-3-8/h4-5,7-8,12H,2-3,6,14H2,1H3. The van der Waals surface area contributed by atoms with Crippen LogP contribution in [0.3, 0.4) is 0 Å². The van der Waals surface area contributed by atoms with Crippen LogP contribution in [0, 0.1) is 5.92 Å². The summed E-state index contributed by atoms with van der Waals surface area (Å²) >= 11 is 3.54. The smallest absolute Gasteiger partial charge is 0.119 e. The van der Waals surface area contributed by atoms with E-state index in [1.54, 1.807) is 7.11 Å². The van der Waals surface area contributed by atoms with E-state index in [9.17, 15) is 0 Å². The summed E-state index contributed by atoms with van der Waals surface area (Å²) in [6.45, 7) is 0. The van der Waals surface area contributed by atoms with E-state index in [1.165, 1.54) is 12.8 Å². The first-order chi connectivity index (χ1) is 7.20. The molecule has 0 radical (unpaired) electrons. The summed E-state index contributed by atoms with van der Waals surface area (Å²) in [4.78, 5) is 0. The Balaban J connectivity index is 2.16. The fourth-order valence-corrected chi connectivity index (χ4v) is 2.31. The molecule has 1 aromatic carbocycles. The van der Waals surface area contributed by atoms with Gasteiger partial charge < -0.3 is 10.5 Å². The van der Waals surface area contributed by atoms with E-state index in [4.69, 9.17) is 10.5 Å². The first-order valence-electron chi connectivity index (χ1n) is 5.29. The summed E-state index contributed by atoms with van der Waals surface area (Å²) in [5.41, 5.74) is 7.33. The molecule has 0 amide bonds. The van der Waals surface area contributed by atoms with Gasteiger partial charge in [0.05, 0.1) is 7.11 Å². The van der Waals surface area contributed by atoms with Crippen LogP contribution in [-0.4, -0.2) is 7.11 Å². The largest absolute Gasteiger partial charge is 0.497 e. The van der Waals surface area contributed by atoms with E-state index in [2.05, 4.69) is 15.9 Å². The van der Waals surface area contributed by atoms with Gasteiger partial charge in [0, 0.05) is 10.5 Å². The van der Waals surface area contributed by atoms with Crippen LogP contribution in [0.15, 0.2) is 22.7 Å². The summed E-state index contributed by atoms with van der Waals surface area (Å²) in [7, 11) is 1.68. The molecule has 0 saturated heterocycles. The van der Waals surface area contributed by atoms with Gasteiger partial charge in [0.25, 0.3) is 0 Å². The summed E-state index contributed by atoms with van der Waals surface area (Å²) in [5, 5.41) is 0. The van der Waals surface area contributed by atoms with Crippen LogP contribution in [-0.2, 0) is 0 Å². The lowest BCUT2D eigenvalue weighted by Crippen LogP contribution is -2.11. The van der Waals surface area contributed by atoms with Gasteiger partial charge in [-0.1, -0.05) is 28.8 Å². The zero-order chi connectivity index (χ0) is 10.8. The number of ether oxygens (including phenoxy) is 1. The molecule has 1 aliphatic rings. The zero-order valence-electron chi connectivity index (χ0n) is 8.87. The van der Waals surface area contributed by atoms with Gasteiger partial charge in [0.2, 0.25) is 0 Å². The molecule has 1 aliphatic carbocycles. The van der Waals surface area contributed by atoms with Crippen LogP contribution in [0.5, 0.6) is 5.75 Å². The van der Waals surface area contributed by atoms with Gasteiger partial charge in [-0.15, -0.1) is 0 Å². The van der Waals surface area contributed by atoms with Crippen LogP contribution in [0.2, 0.25) is 0 Å². The molecular weight excluding hydrogens is 254 g/mol. The molecular formula is C12H16BrNO. The SMILES string of the molecule is COc1ccc(Br)c(C(N)CC2CC2)c1. The van der Waals surface area contributed by atoms with Crippen molar-refractivity contribution in [3.63, 3.8) is 0 Å². The topological polar surface area (TPSA) is 35.2 Å². The molecule has 2 rings (SSSR count). The van der Waals surface area contributed by atoms with Crippen molar-refractivity contribution in [1.29, 1.82) is 0 Å². The van der Waals surface area contributed by atoms with Crippen LogP contribution in [0.4, 0.5) is 0 Å². The number of benzene rings is 1. The first kappa shape index (κ1) is 11.0. The zero-order valence-corrected chi connectivity index (χ0v) is 10.5. The molecule has 1 fully saturated rings. The molecule has 82 valence electrons. The van der Waals surface area contributed by atoms with Gasteiger partial charge >= 0.3 is 0 Å². The van der Waals surface area contributed by atoms with Crippen molar-refractivity contribution >= 4 is 15.9 Å². The minimum Gasteiger partial charge on any atom is -0.497 e. The van der Waals surface area contributed by atoms with Crippen molar-refractivity contribution in [2.24, 2.45) is 11.7 Å². The minimum atomic E-state index is 0.127. The van der Waals surface area contributed by atoms with Crippen molar-refractivity contribution in [1.82, 2.24) is 0 Å². The molecule has 0 spiro atoms. The van der Waals surface area contributed by atoms with E-state index in [0.717, 1.165) is 28.1 Å². The van der Waals surface area contributed by atoms with Gasteiger partial charge in [-0.25, -0.2) is 0 Å². The molecule has 2 nitrogen and oxygen atoms in total. The second kappa shape index (κ2) is 4.54. The van der Waals surface area contributed by atoms with E-state index >= 15 is 0 Å². The average Bonchev–Trinajstić information content (AvgIpc) is 3.02. The fourth-order valence-electron chi connectivity index (χ4n) is 1.77. The molecule has 2 N–H and O–H groups in total. The van der Waals surface area contributed by atoms with E-state index in [0.29, 0.717) is 0 Å². The van der Waals surface area contributed by atoms with Crippen molar-refractivity contribution in [3.05, 3.63) is 28.2 Å². The maximum absolute atomic E-state index is 6.17. The van der Waals surface area contributed by atoms with E-state index < -0.39 is 0 Å². The summed E-state index contributed by atoms with van der Waals surface area (Å²) < 4.78 is 6.28. The van der Waals surface area contributed by atoms with Crippen LogP contribution in [0.25, 0.3) is 0 Å². The van der Waals surface area contributed by atoms with Crippen LogP contribution >= 0.6 is 15.9 Å². The van der Waals surface area contributed by atoms with E-state index in [-0.39, 0.29) is 6.04 Å². The number of halogens is 1. The lowest BCUT2D eigenvalue weighted by Gasteiger charge is -2.14. The second-order valence-electron chi connectivity index (χ2n) is 4.17. The molecule has 1 unspecified atom stereocenters. The highest BCUT2D eigenvalue weighted by Crippen LogP contribution is 2.38. The molecule has 0 aliphatic heterocycles. The maximum Gasteiger partial charge on any atom is 0.119 e. The highest BCUT2D eigenvalue weighted by molar-refractivity contribution is 9.10. The molecule has 1 atom stereocenters. The number of methoxy groups -OCH3 is 1. The molecule has 1 aromatic rings. The number of nitrogens with two attached hydrogens (primary N) is 1. The quantitative estimate of drug-likeness (QED) is 0.911. The van der Waals surface area contributed by atoms with Gasteiger partial charge in [-0.05, 0) is 36.1 Å². The Bertz CT molecular complexity index is 349. The molecule has 1 saturated carbocycles. The maximum atomic E-state index is 6.17. The van der Waals surface area contributed by atoms with Gasteiger partial charge in [-0.2, -0.15) is 0 Å². The highest BCUT2D eigenvalue weighted by Gasteiger charge is 2.25. The third-order valence-corrected chi connectivity index (χ3v) is 3.61. The number of hydrogen-bond acceptors (Lipinski definition) is 2. The Morgan fingerprint density at radius 1 is 1.53 bits per heavy atom. The normalized spacial score (nSPS) is 17.5. The molecule has 0 bridgehead atoms. The lowest BCUT2D eigenvalue weighted by atomic mass is 10.0. The highest BCUT2D eigenvalue weighted by atomic mass is 79.9. The van der Waals surface area contributed by atoms with E-state index in [1.807, 2.05) is 18.2 Å². The molecule has 3 heteroatoms. The Labute approximate surface area is 98.9 Å². The lowest BCUT2D eigenvalue weighted by molar-refractivity contribution is 0.413. The third kappa shape index (κ3) is 2.73. The first-order valence-corrected chi connectivity index (χ1v) is 6.09. The summed E-state index contributed by atoms with van der Waals surface area (Å²) in [6, 6.07) is 6.09. The summed E-state index contributed by atoms with van der Waals surface area (Å²) in [6.07, 6.45) is 3.77. The second-order valence-corrected chi connectivity index (χ2v) is 5.03. The Kier molecular flexibility index (Phi) is 3.32. The van der Waals surface area contributed by atoms with Crippen LogP contribution in [0.1, 0.15) is 30.9 Å². The van der Waals surface area contributed by atoms with Gasteiger partial charge in [0.1, 0.15) is 5.75 Å². The fraction of sp³-hybridized carbons (Fsp3) is 0.500. The Hall–Kier alpha value is -0.540. The Morgan fingerprint density at radius 3 is 2.87 bits per heavy atom. The van der Waals surface area contributed by atoms with Crippen molar-refractivity contribution in [3.8, 4) is 5.75 Å². The van der Waals surface area contributed by atoms with Crippen molar-refractivity contribution in [2.75, 3.05) is 7.11 Å². The van der Waals surface area contributed by atoms with Crippen LogP contribution < -0.4 is 10.5 Å². The van der Waals surface area contributed by atoms with Crippen molar-refractivity contribution < 1.29 is 4.74 Å². The number of rotatable bonds is 4. The average molecular weight is 270 g/mol.